The zero-order valence-corrected chi connectivity index (χ0v) is 17.2. The third-order valence-corrected chi connectivity index (χ3v) is 5.32. The van der Waals surface area contributed by atoms with E-state index in [1.54, 1.807) is 4.68 Å². The average Bonchev–Trinajstić information content (AvgIpc) is 3.35. The first-order chi connectivity index (χ1) is 14.5. The third kappa shape index (κ3) is 5.23. The van der Waals surface area contributed by atoms with Crippen molar-refractivity contribution in [2.75, 3.05) is 0 Å². The van der Waals surface area contributed by atoms with Gasteiger partial charge in [0.15, 0.2) is 0 Å². The first kappa shape index (κ1) is 21.5. The Hall–Kier alpha value is -3.22. The summed E-state index contributed by atoms with van der Waals surface area (Å²) in [4.78, 5) is 24.5. The molecule has 1 aromatic heterocycles. The highest BCUT2D eigenvalue weighted by atomic mass is 16.2. The monoisotopic (exact) mass is 409 g/mol. The molecule has 1 fully saturated rings. The second-order valence-corrected chi connectivity index (χ2v) is 7.36. The standard InChI is InChI=1S/C21H27N7O2/c1-14-17(15(2)28(27-14)12-6-11-22)9-10-20(29)25-26-21(30)19-13-18(23-24-19)16-7-4-3-5-8-16/h3-5,7-8,18-19,23-24H,6,9-10,12-13H2,1-2H3,(H,25,29)(H,26,30). The van der Waals surface area contributed by atoms with Gasteiger partial charge in [-0.05, 0) is 37.8 Å². The molecule has 2 atom stereocenters. The molecule has 2 heterocycles. The summed E-state index contributed by atoms with van der Waals surface area (Å²) in [5.74, 6) is -0.552. The Morgan fingerprint density at radius 1 is 1.23 bits per heavy atom. The van der Waals surface area contributed by atoms with E-state index in [4.69, 9.17) is 5.26 Å². The van der Waals surface area contributed by atoms with Gasteiger partial charge in [-0.2, -0.15) is 10.4 Å². The van der Waals surface area contributed by atoms with E-state index in [9.17, 15) is 9.59 Å². The smallest absolute Gasteiger partial charge is 0.256 e. The predicted molar refractivity (Wildman–Crippen MR) is 110 cm³/mol. The summed E-state index contributed by atoms with van der Waals surface area (Å²) in [6, 6.07) is 11.6. The van der Waals surface area contributed by atoms with Crippen LogP contribution in [0.2, 0.25) is 0 Å². The van der Waals surface area contributed by atoms with Crippen LogP contribution >= 0.6 is 0 Å². The third-order valence-electron chi connectivity index (χ3n) is 5.32. The van der Waals surface area contributed by atoms with Gasteiger partial charge in [0.05, 0.1) is 24.7 Å². The fraction of sp³-hybridized carbons (Fsp3) is 0.429. The number of amides is 2. The highest BCUT2D eigenvalue weighted by Gasteiger charge is 2.30. The number of benzene rings is 1. The lowest BCUT2D eigenvalue weighted by Crippen LogP contribution is -2.50. The van der Waals surface area contributed by atoms with E-state index >= 15 is 0 Å². The van der Waals surface area contributed by atoms with Crippen LogP contribution in [-0.4, -0.2) is 27.6 Å². The summed E-state index contributed by atoms with van der Waals surface area (Å²) in [5.41, 5.74) is 15.0. The maximum Gasteiger partial charge on any atom is 0.256 e. The van der Waals surface area contributed by atoms with Gasteiger partial charge in [0.25, 0.3) is 5.91 Å². The summed E-state index contributed by atoms with van der Waals surface area (Å²) in [7, 11) is 0. The number of hydrazine groups is 2. The molecule has 30 heavy (non-hydrogen) atoms. The SMILES string of the molecule is Cc1nn(CCC#N)c(C)c1CCC(=O)NNC(=O)C1CC(c2ccccc2)NN1. The molecule has 1 saturated heterocycles. The van der Waals surface area contributed by atoms with Crippen molar-refractivity contribution in [3.05, 3.63) is 52.8 Å². The van der Waals surface area contributed by atoms with E-state index in [1.165, 1.54) is 0 Å². The average molecular weight is 409 g/mol. The highest BCUT2D eigenvalue weighted by molar-refractivity contribution is 5.85. The van der Waals surface area contributed by atoms with E-state index in [1.807, 2.05) is 44.2 Å². The van der Waals surface area contributed by atoms with Crippen LogP contribution in [-0.2, 0) is 22.6 Å². The zero-order valence-electron chi connectivity index (χ0n) is 17.2. The number of hydrogen-bond acceptors (Lipinski definition) is 6. The molecule has 1 aliphatic heterocycles. The van der Waals surface area contributed by atoms with Gasteiger partial charge in [-0.15, -0.1) is 0 Å². The fourth-order valence-corrected chi connectivity index (χ4v) is 3.62. The van der Waals surface area contributed by atoms with Gasteiger partial charge < -0.3 is 0 Å². The van der Waals surface area contributed by atoms with E-state index in [2.05, 4.69) is 32.9 Å². The largest absolute Gasteiger partial charge is 0.273 e. The Morgan fingerprint density at radius 3 is 2.73 bits per heavy atom. The lowest BCUT2D eigenvalue weighted by Gasteiger charge is -2.12. The topological polar surface area (TPSA) is 124 Å². The van der Waals surface area contributed by atoms with E-state index in [0.717, 1.165) is 22.5 Å². The Bertz CT molecular complexity index is 933. The molecule has 0 aliphatic carbocycles. The zero-order chi connectivity index (χ0) is 21.5. The van der Waals surface area contributed by atoms with E-state index < -0.39 is 6.04 Å². The summed E-state index contributed by atoms with van der Waals surface area (Å²) in [6.45, 7) is 4.37. The summed E-state index contributed by atoms with van der Waals surface area (Å²) in [6.07, 6.45) is 1.73. The number of aromatic nitrogens is 2. The quantitative estimate of drug-likeness (QED) is 0.508. The minimum absolute atomic E-state index is 0.0428. The number of hydrogen-bond donors (Lipinski definition) is 4. The second kappa shape index (κ2) is 10.0. The van der Waals surface area contributed by atoms with Crippen LogP contribution in [0.1, 0.15) is 47.8 Å². The van der Waals surface area contributed by atoms with Crippen molar-refractivity contribution >= 4 is 11.8 Å². The first-order valence-corrected chi connectivity index (χ1v) is 10.0. The van der Waals surface area contributed by atoms with Gasteiger partial charge in [0.2, 0.25) is 5.91 Å². The molecule has 1 aromatic carbocycles. The number of rotatable bonds is 7. The van der Waals surface area contributed by atoms with Gasteiger partial charge in [0.1, 0.15) is 6.04 Å². The molecule has 0 bridgehead atoms. The minimum atomic E-state index is -0.432. The molecule has 0 radical (unpaired) electrons. The molecule has 158 valence electrons. The van der Waals surface area contributed by atoms with Crippen molar-refractivity contribution < 1.29 is 9.59 Å². The van der Waals surface area contributed by atoms with E-state index in [-0.39, 0.29) is 24.3 Å². The molecule has 1 aliphatic rings. The van der Waals surface area contributed by atoms with Gasteiger partial charge >= 0.3 is 0 Å². The van der Waals surface area contributed by atoms with Crippen LogP contribution < -0.4 is 21.7 Å². The molecule has 9 heteroatoms. The van der Waals surface area contributed by atoms with Crippen molar-refractivity contribution in [2.24, 2.45) is 0 Å². The molecule has 4 N–H and O–H groups in total. The molecule has 0 saturated carbocycles. The maximum atomic E-state index is 12.3. The predicted octanol–water partition coefficient (Wildman–Crippen LogP) is 1.10. The summed E-state index contributed by atoms with van der Waals surface area (Å²) >= 11 is 0. The van der Waals surface area contributed by atoms with Crippen LogP contribution in [0.25, 0.3) is 0 Å². The molecule has 2 unspecified atom stereocenters. The molecule has 0 spiro atoms. The number of carbonyl (C=O) groups is 2. The van der Waals surface area contributed by atoms with Crippen LogP contribution in [0.4, 0.5) is 0 Å². The van der Waals surface area contributed by atoms with Crippen molar-refractivity contribution in [2.45, 2.75) is 58.2 Å². The summed E-state index contributed by atoms with van der Waals surface area (Å²) < 4.78 is 1.80. The second-order valence-electron chi connectivity index (χ2n) is 7.36. The lowest BCUT2D eigenvalue weighted by molar-refractivity contribution is -0.129. The number of aryl methyl sites for hydroxylation is 2. The molecule has 2 aromatic rings. The van der Waals surface area contributed by atoms with Crippen molar-refractivity contribution in [1.82, 2.24) is 31.5 Å². The Labute approximate surface area is 175 Å². The fourth-order valence-electron chi connectivity index (χ4n) is 3.62. The Morgan fingerprint density at radius 2 is 2.00 bits per heavy atom. The molecular formula is C21H27N7O2. The number of nitrogens with zero attached hydrogens (tertiary/aromatic N) is 3. The van der Waals surface area contributed by atoms with Crippen molar-refractivity contribution in [1.29, 1.82) is 5.26 Å². The first-order valence-electron chi connectivity index (χ1n) is 10.0. The molecule has 3 rings (SSSR count). The van der Waals surface area contributed by atoms with Gasteiger partial charge in [0, 0.05) is 18.2 Å². The van der Waals surface area contributed by atoms with Crippen molar-refractivity contribution in [3.63, 3.8) is 0 Å². The highest BCUT2D eigenvalue weighted by Crippen LogP contribution is 2.21. The number of nitrogens with one attached hydrogen (secondary N) is 4. The van der Waals surface area contributed by atoms with Gasteiger partial charge in [-0.1, -0.05) is 30.3 Å². The maximum absolute atomic E-state index is 12.3. The lowest BCUT2D eigenvalue weighted by atomic mass is 10.0. The van der Waals surface area contributed by atoms with Crippen LogP contribution in [0.5, 0.6) is 0 Å². The van der Waals surface area contributed by atoms with Crippen molar-refractivity contribution in [3.8, 4) is 6.07 Å². The summed E-state index contributed by atoms with van der Waals surface area (Å²) in [5, 5.41) is 13.2. The van der Waals surface area contributed by atoms with Gasteiger partial charge in [-0.3, -0.25) is 25.1 Å². The Balaban J connectivity index is 1.43. The molecule has 2 amide bonds. The van der Waals surface area contributed by atoms with E-state index in [0.29, 0.717) is 25.8 Å². The minimum Gasteiger partial charge on any atom is -0.273 e. The Kier molecular flexibility index (Phi) is 7.17. The van der Waals surface area contributed by atoms with Crippen LogP contribution in [0, 0.1) is 25.2 Å². The number of nitriles is 1. The van der Waals surface area contributed by atoms with Gasteiger partial charge in [-0.25, -0.2) is 10.9 Å². The normalized spacial score (nSPS) is 18.0. The molecule has 9 nitrogen and oxygen atoms in total. The van der Waals surface area contributed by atoms with Crippen LogP contribution in [0.3, 0.4) is 0 Å². The van der Waals surface area contributed by atoms with Crippen LogP contribution in [0.15, 0.2) is 30.3 Å². The molecular weight excluding hydrogens is 382 g/mol. The number of carbonyl (C=O) groups excluding carboxylic acids is 2.